The van der Waals surface area contributed by atoms with Crippen LogP contribution in [0, 0.1) is 29.6 Å². The summed E-state index contributed by atoms with van der Waals surface area (Å²) in [4.78, 5) is 13.5. The molecule has 0 amide bonds. The summed E-state index contributed by atoms with van der Waals surface area (Å²) in [6.45, 7) is 9.90. The van der Waals surface area contributed by atoms with Gasteiger partial charge in [0, 0.05) is 17.8 Å². The lowest BCUT2D eigenvalue weighted by molar-refractivity contribution is -0.261. The second-order valence-corrected chi connectivity index (χ2v) is 10.6. The van der Waals surface area contributed by atoms with Crippen molar-refractivity contribution in [3.05, 3.63) is 24.3 Å². The second-order valence-electron chi connectivity index (χ2n) is 10.6. The van der Waals surface area contributed by atoms with Crippen LogP contribution in [0.5, 0.6) is 0 Å². The SMILES string of the molecule is C=C(C)[C@]1(O)C[C@@H](C)[C@@]2(O)C(C1O)C1O[C@]1(CO)[C@@H](O)[C@]1(O)C(=O)[C@@H](C)C(C/C=C\C)C21. The van der Waals surface area contributed by atoms with Crippen LogP contribution in [0.15, 0.2) is 24.3 Å². The van der Waals surface area contributed by atoms with Gasteiger partial charge < -0.3 is 35.4 Å². The first-order chi connectivity index (χ1) is 14.8. The summed E-state index contributed by atoms with van der Waals surface area (Å²) in [6.07, 6.45) is -0.396. The minimum Gasteiger partial charge on any atom is -0.393 e. The average Bonchev–Trinajstić information content (AvgIpc) is 3.43. The summed E-state index contributed by atoms with van der Waals surface area (Å²) in [7, 11) is 0. The molecule has 180 valence electrons. The molecule has 8 heteroatoms. The van der Waals surface area contributed by atoms with E-state index in [4.69, 9.17) is 4.74 Å². The summed E-state index contributed by atoms with van der Waals surface area (Å²) in [5.41, 5.74) is -7.37. The lowest BCUT2D eigenvalue weighted by atomic mass is 9.53. The Hall–Kier alpha value is -1.13. The highest BCUT2D eigenvalue weighted by atomic mass is 16.6. The van der Waals surface area contributed by atoms with Gasteiger partial charge in [-0.2, -0.15) is 0 Å². The summed E-state index contributed by atoms with van der Waals surface area (Å²) < 4.78 is 5.72. The first kappa shape index (κ1) is 24.0. The smallest absolute Gasteiger partial charge is 0.170 e. The number of hydrogen-bond acceptors (Lipinski definition) is 8. The molecule has 32 heavy (non-hydrogen) atoms. The van der Waals surface area contributed by atoms with Gasteiger partial charge in [-0.05, 0) is 44.1 Å². The lowest BCUT2D eigenvalue weighted by Gasteiger charge is -2.58. The number of hydrogen-bond donors (Lipinski definition) is 6. The Morgan fingerprint density at radius 2 is 1.88 bits per heavy atom. The molecule has 1 aliphatic heterocycles. The Morgan fingerprint density at radius 3 is 2.41 bits per heavy atom. The molecule has 0 aromatic rings. The van der Waals surface area contributed by atoms with Crippen molar-refractivity contribution < 1.29 is 40.2 Å². The fraction of sp³-hybridized carbons (Fsp3) is 0.792. The van der Waals surface area contributed by atoms with E-state index in [0.29, 0.717) is 12.0 Å². The number of ether oxygens (including phenoxy) is 1. The van der Waals surface area contributed by atoms with Gasteiger partial charge in [0.05, 0.1) is 18.3 Å². The fourth-order valence-corrected chi connectivity index (χ4v) is 7.33. The number of epoxide rings is 1. The van der Waals surface area contributed by atoms with Gasteiger partial charge in [0.2, 0.25) is 0 Å². The van der Waals surface area contributed by atoms with Crippen molar-refractivity contribution in [3.8, 4) is 0 Å². The monoisotopic (exact) mass is 452 g/mol. The van der Waals surface area contributed by atoms with E-state index in [2.05, 4.69) is 6.58 Å². The molecule has 0 radical (unpaired) electrons. The molecule has 4 fully saturated rings. The maximum atomic E-state index is 13.5. The highest BCUT2D eigenvalue weighted by molar-refractivity contribution is 5.93. The molecule has 4 aliphatic rings. The number of ketones is 1. The Balaban J connectivity index is 1.98. The van der Waals surface area contributed by atoms with Crippen molar-refractivity contribution in [2.75, 3.05) is 6.61 Å². The predicted octanol–water partition coefficient (Wildman–Crippen LogP) is -0.306. The van der Waals surface area contributed by atoms with E-state index in [-0.39, 0.29) is 6.42 Å². The van der Waals surface area contributed by atoms with E-state index < -0.39 is 82.7 Å². The Kier molecular flexibility index (Phi) is 5.39. The van der Waals surface area contributed by atoms with E-state index in [0.717, 1.165) is 0 Å². The largest absolute Gasteiger partial charge is 0.393 e. The number of aliphatic hydroxyl groups excluding tert-OH is 3. The molecule has 8 nitrogen and oxygen atoms in total. The maximum absolute atomic E-state index is 13.5. The highest BCUT2D eigenvalue weighted by Gasteiger charge is 2.84. The molecule has 12 atom stereocenters. The quantitative estimate of drug-likeness (QED) is 0.251. The number of carbonyl (C=O) groups is 1. The Morgan fingerprint density at radius 1 is 1.25 bits per heavy atom. The average molecular weight is 453 g/mol. The van der Waals surface area contributed by atoms with Gasteiger partial charge in [0.1, 0.15) is 23.4 Å². The number of fused-ring (bicyclic) bond motifs is 5. The van der Waals surface area contributed by atoms with Gasteiger partial charge in [0.15, 0.2) is 11.4 Å². The van der Waals surface area contributed by atoms with Crippen LogP contribution >= 0.6 is 0 Å². The number of Topliss-reactive ketones (excluding diaryl/α,β-unsaturated/α-hetero) is 1. The number of allylic oxidation sites excluding steroid dienone is 2. The van der Waals surface area contributed by atoms with Crippen LogP contribution in [0.25, 0.3) is 0 Å². The number of rotatable bonds is 4. The fourth-order valence-electron chi connectivity index (χ4n) is 7.33. The van der Waals surface area contributed by atoms with Crippen LogP contribution in [0.4, 0.5) is 0 Å². The van der Waals surface area contributed by atoms with Gasteiger partial charge in [0.25, 0.3) is 0 Å². The third kappa shape index (κ3) is 2.54. The van der Waals surface area contributed by atoms with Gasteiger partial charge >= 0.3 is 0 Å². The predicted molar refractivity (Wildman–Crippen MR) is 114 cm³/mol. The van der Waals surface area contributed by atoms with E-state index in [9.17, 15) is 35.4 Å². The van der Waals surface area contributed by atoms with E-state index in [1.165, 1.54) is 0 Å². The first-order valence-corrected chi connectivity index (χ1v) is 11.4. The van der Waals surface area contributed by atoms with Crippen molar-refractivity contribution in [1.29, 1.82) is 0 Å². The normalized spacial score (nSPS) is 57.0. The van der Waals surface area contributed by atoms with Crippen molar-refractivity contribution >= 4 is 5.78 Å². The van der Waals surface area contributed by atoms with Crippen LogP contribution in [-0.2, 0) is 9.53 Å². The van der Waals surface area contributed by atoms with Gasteiger partial charge in [-0.15, -0.1) is 0 Å². The molecule has 0 spiro atoms. The molecule has 5 unspecified atom stereocenters. The van der Waals surface area contributed by atoms with Crippen molar-refractivity contribution in [2.24, 2.45) is 29.6 Å². The molecular formula is C24H36O8. The molecule has 1 heterocycles. The van der Waals surface area contributed by atoms with E-state index >= 15 is 0 Å². The summed E-state index contributed by atoms with van der Waals surface area (Å²) in [5, 5.41) is 68.5. The van der Waals surface area contributed by atoms with Crippen LogP contribution in [0.3, 0.4) is 0 Å². The Bertz CT molecular complexity index is 857. The van der Waals surface area contributed by atoms with Crippen LogP contribution in [0.2, 0.25) is 0 Å². The molecular weight excluding hydrogens is 416 g/mol. The standard InChI is InChI=1S/C24H36O8/c1-6-7-8-14-13(5)17(26)24(31)16(14)23(30)12(4)9-21(29,11(2)3)18(27)15(23)19-22(10-25,32-19)20(24)28/h6-7,12-16,18-20,25,27-31H,2,8-10H2,1,3-5H3/b7-6-/t12-,13+,14?,15?,16?,18?,19?,20-,21-,22+,23-,24-/m1/s1. The van der Waals surface area contributed by atoms with Gasteiger partial charge in [-0.25, -0.2) is 0 Å². The molecule has 6 N–H and O–H groups in total. The van der Waals surface area contributed by atoms with Crippen molar-refractivity contribution in [1.82, 2.24) is 0 Å². The first-order valence-electron chi connectivity index (χ1n) is 11.4. The number of carbonyl (C=O) groups excluding carboxylic acids is 1. The van der Waals surface area contributed by atoms with Crippen LogP contribution in [0.1, 0.15) is 40.5 Å². The molecule has 0 aromatic carbocycles. The molecule has 0 aromatic heterocycles. The van der Waals surface area contributed by atoms with E-state index in [1.807, 2.05) is 19.1 Å². The van der Waals surface area contributed by atoms with Crippen LogP contribution < -0.4 is 0 Å². The van der Waals surface area contributed by atoms with Crippen molar-refractivity contribution in [3.63, 3.8) is 0 Å². The molecule has 0 bridgehead atoms. The zero-order chi connectivity index (χ0) is 24.0. The molecule has 3 saturated carbocycles. The molecule has 3 aliphatic carbocycles. The molecule has 1 saturated heterocycles. The minimum atomic E-state index is -2.38. The lowest BCUT2D eigenvalue weighted by Crippen LogP contribution is -2.71. The van der Waals surface area contributed by atoms with Crippen LogP contribution in [-0.4, -0.2) is 83.7 Å². The third-order valence-electron chi connectivity index (χ3n) is 9.23. The third-order valence-corrected chi connectivity index (χ3v) is 9.23. The zero-order valence-corrected chi connectivity index (χ0v) is 19.1. The Labute approximate surface area is 188 Å². The maximum Gasteiger partial charge on any atom is 0.170 e. The summed E-state index contributed by atoms with van der Waals surface area (Å²) in [5.74, 6) is -4.80. The molecule has 4 rings (SSSR count). The van der Waals surface area contributed by atoms with E-state index in [1.54, 1.807) is 20.8 Å². The highest BCUT2D eigenvalue weighted by Crippen LogP contribution is 2.67. The summed E-state index contributed by atoms with van der Waals surface area (Å²) >= 11 is 0. The van der Waals surface area contributed by atoms with Gasteiger partial charge in [-0.3, -0.25) is 4.79 Å². The topological polar surface area (TPSA) is 151 Å². The van der Waals surface area contributed by atoms with Gasteiger partial charge in [-0.1, -0.05) is 32.6 Å². The second kappa shape index (κ2) is 7.18. The number of aliphatic hydroxyl groups is 6. The van der Waals surface area contributed by atoms with Crippen molar-refractivity contribution in [2.45, 2.75) is 81.3 Å². The summed E-state index contributed by atoms with van der Waals surface area (Å²) in [6, 6.07) is 0. The zero-order valence-electron chi connectivity index (χ0n) is 19.1. The minimum absolute atomic E-state index is 0.0447.